The van der Waals surface area contributed by atoms with Gasteiger partial charge in [0.05, 0.1) is 23.3 Å². The lowest BCUT2D eigenvalue weighted by Crippen LogP contribution is -2.26. The predicted octanol–water partition coefficient (Wildman–Crippen LogP) is 3.56. The van der Waals surface area contributed by atoms with Crippen molar-refractivity contribution in [3.05, 3.63) is 82.9 Å². The van der Waals surface area contributed by atoms with Crippen LogP contribution in [0.2, 0.25) is 5.02 Å². The Hall–Kier alpha value is -2.63. The molecule has 3 rings (SSSR count). The van der Waals surface area contributed by atoms with E-state index in [1.807, 2.05) is 73.4 Å². The Morgan fingerprint density at radius 1 is 1.19 bits per heavy atom. The molecule has 0 bridgehead atoms. The first kappa shape index (κ1) is 19.1. The number of hydrogen-bond donors (Lipinski definition) is 1. The molecule has 0 saturated carbocycles. The maximum Gasteiger partial charge on any atom is 0.253 e. The van der Waals surface area contributed by atoms with Gasteiger partial charge in [-0.2, -0.15) is 0 Å². The number of rotatable bonds is 7. The van der Waals surface area contributed by atoms with E-state index < -0.39 is 0 Å². The third-order valence-corrected chi connectivity index (χ3v) is 4.36. The van der Waals surface area contributed by atoms with Gasteiger partial charge in [-0.25, -0.2) is 4.98 Å². The van der Waals surface area contributed by atoms with E-state index in [0.29, 0.717) is 17.1 Å². The van der Waals surface area contributed by atoms with Crippen molar-refractivity contribution in [2.75, 3.05) is 20.6 Å². The highest BCUT2D eigenvalue weighted by molar-refractivity contribution is 6.30. The second-order valence-corrected chi connectivity index (χ2v) is 7.10. The van der Waals surface area contributed by atoms with Gasteiger partial charge in [0.1, 0.15) is 0 Å². The van der Waals surface area contributed by atoms with Crippen molar-refractivity contribution in [2.24, 2.45) is 0 Å². The van der Waals surface area contributed by atoms with Crippen molar-refractivity contribution in [2.45, 2.75) is 13.0 Å². The zero-order chi connectivity index (χ0) is 19.2. The molecule has 0 radical (unpaired) electrons. The number of amides is 1. The van der Waals surface area contributed by atoms with Gasteiger partial charge in [-0.1, -0.05) is 35.9 Å². The monoisotopic (exact) mass is 382 g/mol. The molecule has 0 aliphatic rings. The van der Waals surface area contributed by atoms with Gasteiger partial charge in [0.2, 0.25) is 0 Å². The molecule has 1 heterocycles. The molecule has 3 aromatic rings. The second kappa shape index (κ2) is 8.84. The quantitative estimate of drug-likeness (QED) is 0.679. The Kier molecular flexibility index (Phi) is 6.27. The summed E-state index contributed by atoms with van der Waals surface area (Å²) in [6.07, 6.45) is 4.43. The van der Waals surface area contributed by atoms with Crippen molar-refractivity contribution < 1.29 is 4.79 Å². The number of imidazole rings is 1. The molecule has 2 aromatic carbocycles. The molecule has 1 amide bonds. The van der Waals surface area contributed by atoms with Crippen LogP contribution in [-0.4, -0.2) is 41.0 Å². The first-order valence-corrected chi connectivity index (χ1v) is 9.20. The Labute approximate surface area is 164 Å². The van der Waals surface area contributed by atoms with Crippen LogP contribution in [0.4, 0.5) is 0 Å². The van der Waals surface area contributed by atoms with Gasteiger partial charge in [0, 0.05) is 24.3 Å². The summed E-state index contributed by atoms with van der Waals surface area (Å²) in [7, 11) is 4.00. The molecule has 0 aliphatic carbocycles. The van der Waals surface area contributed by atoms with E-state index in [0.717, 1.165) is 29.9 Å². The number of para-hydroxylation sites is 1. The maximum absolute atomic E-state index is 12.7. The molecule has 140 valence electrons. The van der Waals surface area contributed by atoms with E-state index >= 15 is 0 Å². The highest BCUT2D eigenvalue weighted by atomic mass is 35.5. The summed E-state index contributed by atoms with van der Waals surface area (Å²) < 4.78 is 1.89. The zero-order valence-electron chi connectivity index (χ0n) is 15.5. The van der Waals surface area contributed by atoms with Crippen LogP contribution in [0.15, 0.2) is 61.1 Å². The normalized spacial score (nSPS) is 11.0. The van der Waals surface area contributed by atoms with Crippen LogP contribution in [0.1, 0.15) is 21.6 Å². The van der Waals surface area contributed by atoms with Gasteiger partial charge >= 0.3 is 0 Å². The fourth-order valence-electron chi connectivity index (χ4n) is 2.90. The van der Waals surface area contributed by atoms with Crippen molar-refractivity contribution >= 4 is 17.5 Å². The van der Waals surface area contributed by atoms with E-state index in [1.165, 1.54) is 0 Å². The van der Waals surface area contributed by atoms with E-state index in [9.17, 15) is 4.79 Å². The lowest BCUT2D eigenvalue weighted by atomic mass is 10.1. The zero-order valence-corrected chi connectivity index (χ0v) is 16.3. The number of nitrogens with zero attached hydrogens (tertiary/aromatic N) is 3. The van der Waals surface area contributed by atoms with Crippen molar-refractivity contribution in [1.29, 1.82) is 0 Å². The first-order valence-electron chi connectivity index (χ1n) is 8.82. The number of benzene rings is 2. The minimum Gasteiger partial charge on any atom is -0.352 e. The lowest BCUT2D eigenvalue weighted by Gasteiger charge is -2.11. The van der Waals surface area contributed by atoms with Crippen molar-refractivity contribution in [3.8, 4) is 5.69 Å². The largest absolute Gasteiger partial charge is 0.352 e. The molecule has 0 fully saturated rings. The number of carbonyl (C=O) groups is 1. The molecule has 1 N–H and O–H groups in total. The number of aromatic nitrogens is 2. The highest BCUT2D eigenvalue weighted by Gasteiger charge is 2.13. The fourth-order valence-corrected chi connectivity index (χ4v) is 3.11. The summed E-state index contributed by atoms with van der Waals surface area (Å²) in [5, 5.41) is 3.70. The average Bonchev–Trinajstić information content (AvgIpc) is 3.09. The van der Waals surface area contributed by atoms with Crippen LogP contribution in [0, 0.1) is 0 Å². The van der Waals surface area contributed by atoms with E-state index in [4.69, 9.17) is 11.6 Å². The van der Waals surface area contributed by atoms with Crippen LogP contribution in [0.5, 0.6) is 0 Å². The Bertz CT molecular complexity index is 920. The third-order valence-electron chi connectivity index (χ3n) is 4.13. The molecule has 0 spiro atoms. The van der Waals surface area contributed by atoms with Gasteiger partial charge in [0.15, 0.2) is 0 Å². The van der Waals surface area contributed by atoms with E-state index in [-0.39, 0.29) is 5.91 Å². The highest BCUT2D eigenvalue weighted by Crippen LogP contribution is 2.16. The second-order valence-electron chi connectivity index (χ2n) is 6.66. The van der Waals surface area contributed by atoms with Crippen LogP contribution >= 0.6 is 11.6 Å². The predicted molar refractivity (Wildman–Crippen MR) is 108 cm³/mol. The number of hydrogen-bond acceptors (Lipinski definition) is 3. The van der Waals surface area contributed by atoms with Crippen LogP contribution in [-0.2, 0) is 13.0 Å². The molecular weight excluding hydrogens is 360 g/mol. The van der Waals surface area contributed by atoms with Crippen molar-refractivity contribution in [1.82, 2.24) is 19.8 Å². The minimum absolute atomic E-state index is 0.101. The van der Waals surface area contributed by atoms with Gasteiger partial charge in [0.25, 0.3) is 5.91 Å². The Balaban J connectivity index is 1.69. The fraction of sp³-hybridized carbons (Fsp3) is 0.238. The molecule has 0 aliphatic heterocycles. The van der Waals surface area contributed by atoms with E-state index in [1.54, 1.807) is 6.33 Å². The Morgan fingerprint density at radius 3 is 2.78 bits per heavy atom. The summed E-state index contributed by atoms with van der Waals surface area (Å²) in [6.45, 7) is 1.30. The van der Waals surface area contributed by atoms with Gasteiger partial charge in [-0.15, -0.1) is 0 Å². The lowest BCUT2D eigenvalue weighted by molar-refractivity contribution is 0.0954. The van der Waals surface area contributed by atoms with Gasteiger partial charge in [-0.05, 0) is 50.3 Å². The molecule has 27 heavy (non-hydrogen) atoms. The summed E-state index contributed by atoms with van der Waals surface area (Å²) in [5.74, 6) is -0.101. The summed E-state index contributed by atoms with van der Waals surface area (Å²) in [4.78, 5) is 19.2. The third kappa shape index (κ3) is 5.18. The van der Waals surface area contributed by atoms with Crippen LogP contribution in [0.25, 0.3) is 5.69 Å². The van der Waals surface area contributed by atoms with Crippen LogP contribution < -0.4 is 5.32 Å². The number of halogens is 1. The Morgan fingerprint density at radius 2 is 2.00 bits per heavy atom. The molecule has 0 unspecified atom stereocenters. The number of carbonyl (C=O) groups excluding carboxylic acids is 1. The smallest absolute Gasteiger partial charge is 0.253 e. The van der Waals surface area contributed by atoms with E-state index in [2.05, 4.69) is 15.2 Å². The van der Waals surface area contributed by atoms with Crippen molar-refractivity contribution in [3.63, 3.8) is 0 Å². The standard InChI is InChI=1S/C21H23ClN4O/c1-25(2)13-18-14-26(15-24-18)20-9-4-3-8-19(20)21(27)23-11-10-16-6-5-7-17(22)12-16/h3-9,12,14-15H,10-11,13H2,1-2H3,(H,23,27). The van der Waals surface area contributed by atoms with Gasteiger partial charge in [-0.3, -0.25) is 4.79 Å². The minimum atomic E-state index is -0.101. The molecule has 0 saturated heterocycles. The average molecular weight is 383 g/mol. The molecule has 1 aromatic heterocycles. The molecule has 6 heteroatoms. The summed E-state index contributed by atoms with van der Waals surface area (Å²) in [6, 6.07) is 15.2. The molecule has 0 atom stereocenters. The summed E-state index contributed by atoms with van der Waals surface area (Å²) in [5.41, 5.74) is 3.49. The topological polar surface area (TPSA) is 50.2 Å². The van der Waals surface area contributed by atoms with Crippen LogP contribution in [0.3, 0.4) is 0 Å². The first-order chi connectivity index (χ1) is 13.0. The SMILES string of the molecule is CN(C)Cc1cn(-c2ccccc2C(=O)NCCc2cccc(Cl)c2)cn1. The molecular formula is C21H23ClN4O. The van der Waals surface area contributed by atoms with Gasteiger partial charge < -0.3 is 14.8 Å². The molecule has 5 nitrogen and oxygen atoms in total. The number of nitrogens with one attached hydrogen (secondary N) is 1. The maximum atomic E-state index is 12.7. The summed E-state index contributed by atoms with van der Waals surface area (Å²) >= 11 is 6.01.